The molecule has 4 N–H and O–H groups in total. The smallest absolute Gasteiger partial charge is 0.228 e. The molecule has 0 saturated carbocycles. The van der Waals surface area contributed by atoms with Gasteiger partial charge in [0.1, 0.15) is 0 Å². The number of carbonyl (C=O) groups is 2. The molecule has 0 bridgehead atoms. The number of hydrogen-bond donors (Lipinski definition) is 3. The third kappa shape index (κ3) is 6.60. The van der Waals surface area contributed by atoms with Crippen LogP contribution >= 0.6 is 0 Å². The number of hydrogen-bond acceptors (Lipinski definition) is 5. The number of sulfone groups is 1. The fourth-order valence-corrected chi connectivity index (χ4v) is 3.70. The molecule has 0 fully saturated rings. The minimum absolute atomic E-state index is 0.0331. The van der Waals surface area contributed by atoms with Crippen LogP contribution in [0.3, 0.4) is 0 Å². The van der Waals surface area contributed by atoms with Crippen LogP contribution in [0.1, 0.15) is 31.9 Å². The summed E-state index contributed by atoms with van der Waals surface area (Å²) in [5.41, 5.74) is 8.11. The van der Waals surface area contributed by atoms with Crippen LogP contribution < -0.4 is 16.4 Å². The average molecular weight is 418 g/mol. The van der Waals surface area contributed by atoms with Crippen molar-refractivity contribution < 1.29 is 18.0 Å². The molecule has 2 rings (SSSR count). The molecule has 2 amide bonds. The van der Waals surface area contributed by atoms with Crippen molar-refractivity contribution in [2.75, 3.05) is 16.4 Å². The number of anilines is 2. The molecule has 0 aliphatic heterocycles. The molecule has 8 heteroatoms. The van der Waals surface area contributed by atoms with Crippen LogP contribution in [0.5, 0.6) is 0 Å². The normalized spacial score (nSPS) is 11.3. The number of nitrogens with one attached hydrogen (secondary N) is 2. The lowest BCUT2D eigenvalue weighted by Gasteiger charge is -2.16. The number of benzene rings is 2. The summed E-state index contributed by atoms with van der Waals surface area (Å²) in [7, 11) is -3.26. The van der Waals surface area contributed by atoms with E-state index in [-0.39, 0.29) is 35.4 Å². The minimum atomic E-state index is -3.26. The van der Waals surface area contributed by atoms with E-state index in [2.05, 4.69) is 10.6 Å². The molecule has 0 saturated heterocycles. The van der Waals surface area contributed by atoms with Crippen molar-refractivity contribution in [3.05, 3.63) is 53.6 Å². The summed E-state index contributed by atoms with van der Waals surface area (Å²) in [5, 5.41) is 6.08. The predicted octanol–water partition coefficient (Wildman–Crippen LogP) is 2.51. The standard InChI is InChI=1S/C21H27N3O4S/c1-4-29(27,28)18-9-5-15(6-10-18)11-21(26)24-17-8-7-16(12-20(22)25)19(13-17)23-14(2)3/h5-10,13-14,23H,4,11-12H2,1-3H3,(H2,22,25)(H,24,26). The van der Waals surface area contributed by atoms with Gasteiger partial charge in [-0.25, -0.2) is 8.42 Å². The Morgan fingerprint density at radius 3 is 2.24 bits per heavy atom. The Morgan fingerprint density at radius 2 is 1.69 bits per heavy atom. The van der Waals surface area contributed by atoms with Crippen molar-refractivity contribution in [3.8, 4) is 0 Å². The lowest BCUT2D eigenvalue weighted by atomic mass is 10.1. The highest BCUT2D eigenvalue weighted by Gasteiger charge is 2.13. The molecule has 0 aromatic heterocycles. The minimum Gasteiger partial charge on any atom is -0.383 e. The molecular formula is C21H27N3O4S. The third-order valence-corrected chi connectivity index (χ3v) is 5.98. The second-order valence-corrected chi connectivity index (χ2v) is 9.36. The molecule has 0 aliphatic carbocycles. The summed E-state index contributed by atoms with van der Waals surface area (Å²) in [5.74, 6) is -0.623. The molecule has 0 heterocycles. The van der Waals surface area contributed by atoms with Crippen molar-refractivity contribution in [3.63, 3.8) is 0 Å². The Bertz CT molecular complexity index is 983. The highest BCUT2D eigenvalue weighted by atomic mass is 32.2. The van der Waals surface area contributed by atoms with Crippen molar-refractivity contribution in [2.24, 2.45) is 5.73 Å². The molecule has 156 valence electrons. The van der Waals surface area contributed by atoms with Gasteiger partial charge < -0.3 is 16.4 Å². The van der Waals surface area contributed by atoms with E-state index in [1.165, 1.54) is 12.1 Å². The van der Waals surface area contributed by atoms with Gasteiger partial charge in [-0.05, 0) is 49.2 Å². The molecule has 2 aromatic carbocycles. The molecule has 7 nitrogen and oxygen atoms in total. The lowest BCUT2D eigenvalue weighted by molar-refractivity contribution is -0.117. The summed E-state index contributed by atoms with van der Waals surface area (Å²) in [6, 6.07) is 11.7. The van der Waals surface area contributed by atoms with E-state index >= 15 is 0 Å². The van der Waals surface area contributed by atoms with Gasteiger partial charge in [0, 0.05) is 17.4 Å². The first-order chi connectivity index (χ1) is 13.6. The summed E-state index contributed by atoms with van der Waals surface area (Å²) in [4.78, 5) is 23.9. The summed E-state index contributed by atoms with van der Waals surface area (Å²) < 4.78 is 23.7. The van der Waals surface area contributed by atoms with E-state index in [1.807, 2.05) is 13.8 Å². The number of amides is 2. The number of rotatable bonds is 9. The number of carbonyl (C=O) groups excluding carboxylic acids is 2. The summed E-state index contributed by atoms with van der Waals surface area (Å²) >= 11 is 0. The van der Waals surface area contributed by atoms with Crippen LogP contribution in [0.25, 0.3) is 0 Å². The number of primary amides is 1. The molecule has 29 heavy (non-hydrogen) atoms. The van der Waals surface area contributed by atoms with Gasteiger partial charge in [-0.2, -0.15) is 0 Å². The van der Waals surface area contributed by atoms with Crippen LogP contribution in [0.4, 0.5) is 11.4 Å². The molecule has 2 aromatic rings. The van der Waals surface area contributed by atoms with E-state index in [9.17, 15) is 18.0 Å². The fourth-order valence-electron chi connectivity index (χ4n) is 2.81. The highest BCUT2D eigenvalue weighted by Crippen LogP contribution is 2.23. The van der Waals surface area contributed by atoms with Crippen molar-refractivity contribution in [2.45, 2.75) is 44.6 Å². The van der Waals surface area contributed by atoms with E-state index in [4.69, 9.17) is 5.73 Å². The molecule has 0 aliphatic rings. The quantitative estimate of drug-likeness (QED) is 0.579. The second kappa shape index (κ2) is 9.56. The maximum absolute atomic E-state index is 12.4. The van der Waals surface area contributed by atoms with E-state index in [1.54, 1.807) is 37.3 Å². The first-order valence-corrected chi connectivity index (χ1v) is 11.0. The van der Waals surface area contributed by atoms with Gasteiger partial charge in [-0.15, -0.1) is 0 Å². The monoisotopic (exact) mass is 417 g/mol. The first-order valence-electron chi connectivity index (χ1n) is 9.40. The average Bonchev–Trinajstić information content (AvgIpc) is 2.63. The van der Waals surface area contributed by atoms with E-state index in [0.717, 1.165) is 11.3 Å². The van der Waals surface area contributed by atoms with Gasteiger partial charge in [0.15, 0.2) is 9.84 Å². The first kappa shape index (κ1) is 22.4. The van der Waals surface area contributed by atoms with Crippen LogP contribution in [0.15, 0.2) is 47.4 Å². The SMILES string of the molecule is CCS(=O)(=O)c1ccc(CC(=O)Nc2ccc(CC(N)=O)c(NC(C)C)c2)cc1. The number of nitrogens with two attached hydrogens (primary N) is 1. The van der Waals surface area contributed by atoms with Crippen molar-refractivity contribution in [1.82, 2.24) is 0 Å². The Balaban J connectivity index is 2.11. The van der Waals surface area contributed by atoms with Gasteiger partial charge in [0.25, 0.3) is 0 Å². The predicted molar refractivity (Wildman–Crippen MR) is 115 cm³/mol. The molecular weight excluding hydrogens is 390 g/mol. The lowest BCUT2D eigenvalue weighted by Crippen LogP contribution is -2.18. The Kier molecular flexibility index (Phi) is 7.39. The van der Waals surface area contributed by atoms with Crippen LogP contribution in [0, 0.1) is 0 Å². The fraction of sp³-hybridized carbons (Fsp3) is 0.333. The molecule has 0 unspecified atom stereocenters. The Morgan fingerprint density at radius 1 is 1.03 bits per heavy atom. The zero-order valence-electron chi connectivity index (χ0n) is 16.9. The Hall–Kier alpha value is -2.87. The zero-order valence-corrected chi connectivity index (χ0v) is 17.7. The van der Waals surface area contributed by atoms with Crippen LogP contribution in [-0.2, 0) is 32.3 Å². The Labute approximate surface area is 171 Å². The zero-order chi connectivity index (χ0) is 21.6. The highest BCUT2D eigenvalue weighted by molar-refractivity contribution is 7.91. The van der Waals surface area contributed by atoms with Gasteiger partial charge in [-0.3, -0.25) is 9.59 Å². The topological polar surface area (TPSA) is 118 Å². The molecule has 0 spiro atoms. The maximum atomic E-state index is 12.4. The molecule has 0 radical (unpaired) electrons. The third-order valence-electron chi connectivity index (χ3n) is 4.23. The van der Waals surface area contributed by atoms with Gasteiger partial charge in [0.2, 0.25) is 11.8 Å². The van der Waals surface area contributed by atoms with E-state index < -0.39 is 15.7 Å². The van der Waals surface area contributed by atoms with E-state index in [0.29, 0.717) is 11.3 Å². The van der Waals surface area contributed by atoms with Crippen LogP contribution in [0.2, 0.25) is 0 Å². The van der Waals surface area contributed by atoms with Crippen LogP contribution in [-0.4, -0.2) is 32.0 Å². The van der Waals surface area contributed by atoms with Gasteiger partial charge >= 0.3 is 0 Å². The van der Waals surface area contributed by atoms with Crippen molar-refractivity contribution in [1.29, 1.82) is 0 Å². The largest absolute Gasteiger partial charge is 0.383 e. The van der Waals surface area contributed by atoms with Gasteiger partial charge in [-0.1, -0.05) is 25.1 Å². The molecule has 0 atom stereocenters. The summed E-state index contributed by atoms with van der Waals surface area (Å²) in [6.45, 7) is 5.54. The van der Waals surface area contributed by atoms with Crippen molar-refractivity contribution >= 4 is 33.0 Å². The van der Waals surface area contributed by atoms with Gasteiger partial charge in [0.05, 0.1) is 23.5 Å². The maximum Gasteiger partial charge on any atom is 0.228 e. The summed E-state index contributed by atoms with van der Waals surface area (Å²) in [6.07, 6.45) is 0.221. The second-order valence-electron chi connectivity index (χ2n) is 7.09.